The van der Waals surface area contributed by atoms with Gasteiger partial charge in [0.15, 0.2) is 0 Å². The Morgan fingerprint density at radius 3 is 2.94 bits per heavy atom. The summed E-state index contributed by atoms with van der Waals surface area (Å²) in [5.74, 6) is -0.490. The van der Waals surface area contributed by atoms with Gasteiger partial charge in [-0.3, -0.25) is 4.57 Å². The topological polar surface area (TPSA) is 58.7 Å². The summed E-state index contributed by atoms with van der Waals surface area (Å²) in [5.41, 5.74) is 0.379. The van der Waals surface area contributed by atoms with Gasteiger partial charge in [0.2, 0.25) is 0 Å². The number of benzene rings is 1. The van der Waals surface area contributed by atoms with Gasteiger partial charge in [0.1, 0.15) is 5.82 Å². The highest BCUT2D eigenvalue weighted by Gasteiger charge is 2.02. The fourth-order valence-electron chi connectivity index (χ4n) is 1.51. The predicted octanol–water partition coefficient (Wildman–Crippen LogP) is 1.30. The molecular weight excluding hydrogens is 221 g/mol. The van der Waals surface area contributed by atoms with Crippen molar-refractivity contribution in [1.82, 2.24) is 9.55 Å². The molecule has 0 bridgehead atoms. The van der Waals surface area contributed by atoms with Crippen LogP contribution in [-0.4, -0.2) is 9.55 Å². The van der Waals surface area contributed by atoms with Gasteiger partial charge in [-0.05, 0) is 29.8 Å². The molecule has 84 valence electrons. The molecule has 0 N–H and O–H groups in total. The van der Waals surface area contributed by atoms with Crippen LogP contribution in [-0.2, 0) is 6.54 Å². The normalized spacial score (nSPS) is 9.88. The predicted molar refractivity (Wildman–Crippen MR) is 58.7 cm³/mol. The van der Waals surface area contributed by atoms with Crippen molar-refractivity contribution in [1.29, 1.82) is 5.26 Å². The summed E-state index contributed by atoms with van der Waals surface area (Å²) >= 11 is 0. The second kappa shape index (κ2) is 4.58. The molecule has 0 aliphatic carbocycles. The standard InChI is InChI=1S/C12H8FN3O/c13-11-5-9(7-14)4-10(6-11)8-16-3-1-2-15-12(16)17/h1-6H,8H2. The van der Waals surface area contributed by atoms with Crippen molar-refractivity contribution >= 4 is 0 Å². The third kappa shape index (κ3) is 2.55. The van der Waals surface area contributed by atoms with E-state index in [9.17, 15) is 9.18 Å². The van der Waals surface area contributed by atoms with E-state index in [0.29, 0.717) is 5.56 Å². The van der Waals surface area contributed by atoms with Gasteiger partial charge in [-0.1, -0.05) is 0 Å². The summed E-state index contributed by atoms with van der Waals surface area (Å²) in [6.07, 6.45) is 2.96. The summed E-state index contributed by atoms with van der Waals surface area (Å²) < 4.78 is 14.5. The molecule has 1 aromatic carbocycles. The van der Waals surface area contributed by atoms with Crippen molar-refractivity contribution < 1.29 is 4.39 Å². The van der Waals surface area contributed by atoms with E-state index in [2.05, 4.69) is 4.98 Å². The largest absolute Gasteiger partial charge is 0.347 e. The van der Waals surface area contributed by atoms with Crippen molar-refractivity contribution in [2.75, 3.05) is 0 Å². The smallest absolute Gasteiger partial charge is 0.295 e. The van der Waals surface area contributed by atoms with E-state index >= 15 is 0 Å². The fourth-order valence-corrected chi connectivity index (χ4v) is 1.51. The van der Waals surface area contributed by atoms with Gasteiger partial charge in [-0.15, -0.1) is 0 Å². The zero-order valence-corrected chi connectivity index (χ0v) is 8.80. The highest BCUT2D eigenvalue weighted by atomic mass is 19.1. The van der Waals surface area contributed by atoms with E-state index in [1.165, 1.54) is 16.8 Å². The third-order valence-corrected chi connectivity index (χ3v) is 2.22. The summed E-state index contributed by atoms with van der Waals surface area (Å²) in [5, 5.41) is 8.71. The van der Waals surface area contributed by atoms with Crippen LogP contribution in [0.25, 0.3) is 0 Å². The van der Waals surface area contributed by atoms with Gasteiger partial charge in [0, 0.05) is 12.4 Å². The van der Waals surface area contributed by atoms with E-state index in [0.717, 1.165) is 6.07 Å². The van der Waals surface area contributed by atoms with Gasteiger partial charge in [0.05, 0.1) is 18.2 Å². The summed E-state index contributed by atoms with van der Waals surface area (Å²) in [6, 6.07) is 7.47. The molecule has 0 aliphatic heterocycles. The average Bonchev–Trinajstić information content (AvgIpc) is 2.31. The lowest BCUT2D eigenvalue weighted by Crippen LogP contribution is -2.21. The zero-order chi connectivity index (χ0) is 12.3. The second-order valence-electron chi connectivity index (χ2n) is 3.49. The summed E-state index contributed by atoms with van der Waals surface area (Å²) in [6.45, 7) is 0.194. The van der Waals surface area contributed by atoms with Gasteiger partial charge in [-0.25, -0.2) is 14.2 Å². The molecule has 0 atom stereocenters. The molecular formula is C12H8FN3O. The summed E-state index contributed by atoms with van der Waals surface area (Å²) in [7, 11) is 0. The molecule has 4 nitrogen and oxygen atoms in total. The molecule has 17 heavy (non-hydrogen) atoms. The van der Waals surface area contributed by atoms with Crippen LogP contribution in [0.15, 0.2) is 41.5 Å². The number of rotatable bonds is 2. The Hall–Kier alpha value is -2.48. The molecule has 2 aromatic rings. The van der Waals surface area contributed by atoms with Crippen LogP contribution in [0.3, 0.4) is 0 Å². The van der Waals surface area contributed by atoms with Crippen molar-refractivity contribution in [2.24, 2.45) is 0 Å². The number of hydrogen-bond donors (Lipinski definition) is 0. The Kier molecular flexibility index (Phi) is 2.97. The molecule has 5 heteroatoms. The monoisotopic (exact) mass is 229 g/mol. The fraction of sp³-hybridized carbons (Fsp3) is 0.0833. The first kappa shape index (κ1) is 11.0. The van der Waals surface area contributed by atoms with Crippen LogP contribution in [0.1, 0.15) is 11.1 Å². The first-order chi connectivity index (χ1) is 8.19. The number of nitriles is 1. The lowest BCUT2D eigenvalue weighted by molar-refractivity contribution is 0.621. The average molecular weight is 229 g/mol. The van der Waals surface area contributed by atoms with Gasteiger partial charge < -0.3 is 0 Å². The van der Waals surface area contributed by atoms with Crippen LogP contribution in [0, 0.1) is 17.1 Å². The molecule has 0 amide bonds. The van der Waals surface area contributed by atoms with Gasteiger partial charge in [-0.2, -0.15) is 5.26 Å². The van der Waals surface area contributed by atoms with Crippen molar-refractivity contribution in [3.8, 4) is 6.07 Å². The minimum atomic E-state index is -0.490. The van der Waals surface area contributed by atoms with Crippen molar-refractivity contribution in [3.05, 3.63) is 64.1 Å². The molecule has 0 saturated heterocycles. The molecule has 0 radical (unpaired) electrons. The van der Waals surface area contributed by atoms with Crippen LogP contribution in [0.4, 0.5) is 4.39 Å². The van der Waals surface area contributed by atoms with E-state index in [1.807, 2.05) is 6.07 Å². The number of hydrogen-bond acceptors (Lipinski definition) is 3. The maximum absolute atomic E-state index is 13.2. The zero-order valence-electron chi connectivity index (χ0n) is 8.80. The Morgan fingerprint density at radius 1 is 1.41 bits per heavy atom. The molecule has 2 rings (SSSR count). The first-order valence-corrected chi connectivity index (χ1v) is 4.90. The third-order valence-electron chi connectivity index (χ3n) is 2.22. The van der Waals surface area contributed by atoms with Crippen molar-refractivity contribution in [3.63, 3.8) is 0 Å². The second-order valence-corrected chi connectivity index (χ2v) is 3.49. The van der Waals surface area contributed by atoms with E-state index in [1.54, 1.807) is 18.3 Å². The van der Waals surface area contributed by atoms with Crippen molar-refractivity contribution in [2.45, 2.75) is 6.54 Å². The lowest BCUT2D eigenvalue weighted by Gasteiger charge is -2.04. The molecule has 0 spiro atoms. The first-order valence-electron chi connectivity index (χ1n) is 4.90. The number of halogens is 1. The van der Waals surface area contributed by atoms with E-state index in [4.69, 9.17) is 5.26 Å². The molecule has 1 aromatic heterocycles. The van der Waals surface area contributed by atoms with Gasteiger partial charge >= 0.3 is 5.69 Å². The van der Waals surface area contributed by atoms with Crippen LogP contribution < -0.4 is 5.69 Å². The van der Waals surface area contributed by atoms with E-state index < -0.39 is 11.5 Å². The number of nitrogens with zero attached hydrogens (tertiary/aromatic N) is 3. The Bertz CT molecular complexity index is 643. The van der Waals surface area contributed by atoms with Gasteiger partial charge in [0.25, 0.3) is 0 Å². The van der Waals surface area contributed by atoms with Crippen LogP contribution in [0.2, 0.25) is 0 Å². The Balaban J connectivity index is 2.37. The van der Waals surface area contributed by atoms with E-state index in [-0.39, 0.29) is 12.1 Å². The Labute approximate surface area is 96.6 Å². The highest BCUT2D eigenvalue weighted by molar-refractivity contribution is 5.33. The maximum atomic E-state index is 13.2. The maximum Gasteiger partial charge on any atom is 0.347 e. The molecule has 0 aliphatic rings. The number of aromatic nitrogens is 2. The minimum Gasteiger partial charge on any atom is -0.295 e. The highest BCUT2D eigenvalue weighted by Crippen LogP contribution is 2.09. The SMILES string of the molecule is N#Cc1cc(F)cc(Cn2cccnc2=O)c1. The van der Waals surface area contributed by atoms with Crippen LogP contribution in [0.5, 0.6) is 0 Å². The summed E-state index contributed by atoms with van der Waals surface area (Å²) in [4.78, 5) is 14.9. The van der Waals surface area contributed by atoms with Crippen LogP contribution >= 0.6 is 0 Å². The Morgan fingerprint density at radius 2 is 2.24 bits per heavy atom. The molecule has 0 unspecified atom stereocenters. The molecule has 1 heterocycles. The quantitative estimate of drug-likeness (QED) is 0.779. The minimum absolute atomic E-state index is 0.194. The molecule has 0 saturated carbocycles. The molecule has 0 fully saturated rings. The lowest BCUT2D eigenvalue weighted by atomic mass is 10.1.